The molecule has 0 bridgehead atoms. The van der Waals surface area contributed by atoms with E-state index in [9.17, 15) is 9.59 Å². The zero-order valence-electron chi connectivity index (χ0n) is 13.6. The van der Waals surface area contributed by atoms with Gasteiger partial charge in [-0.25, -0.2) is 4.79 Å². The molecule has 0 aliphatic rings. The fourth-order valence-corrected chi connectivity index (χ4v) is 1.65. The van der Waals surface area contributed by atoms with Crippen molar-refractivity contribution < 1.29 is 14.3 Å². The molecule has 0 aliphatic carbocycles. The number of amides is 2. The average Bonchev–Trinajstić information content (AvgIpc) is 2.37. The summed E-state index contributed by atoms with van der Waals surface area (Å²) in [6.07, 6.45) is -0.572. The van der Waals surface area contributed by atoms with E-state index in [1.807, 2.05) is 48.5 Å². The molecule has 0 aromatic heterocycles. The zero-order chi connectivity index (χ0) is 15.6. The minimum atomic E-state index is -0.572. The largest absolute Gasteiger partial charge is 0.453 e. The summed E-state index contributed by atoms with van der Waals surface area (Å²) in [7, 11) is 1.29. The number of hydrogen-bond donors (Lipinski definition) is 1. The quantitative estimate of drug-likeness (QED) is 0.838. The van der Waals surface area contributed by atoms with Gasteiger partial charge in [-0.05, 0) is 26.7 Å². The first-order valence-corrected chi connectivity index (χ1v) is 7.00. The maximum Gasteiger partial charge on any atom is 0.407 e. The molecule has 0 spiro atoms. The van der Waals surface area contributed by atoms with Crippen molar-refractivity contribution in [1.82, 2.24) is 10.2 Å². The van der Waals surface area contributed by atoms with Gasteiger partial charge in [0.1, 0.15) is 6.04 Å². The first-order valence-electron chi connectivity index (χ1n) is 7.00. The molecule has 0 aromatic rings. The summed E-state index contributed by atoms with van der Waals surface area (Å²) >= 11 is 0. The van der Waals surface area contributed by atoms with Crippen molar-refractivity contribution in [2.45, 2.75) is 60.5 Å². The second kappa shape index (κ2) is 10.6. The summed E-state index contributed by atoms with van der Waals surface area (Å²) in [6.45, 7) is 14.3. The van der Waals surface area contributed by atoms with Crippen LogP contribution in [0.1, 0.15) is 48.5 Å². The summed E-state index contributed by atoms with van der Waals surface area (Å²) in [4.78, 5) is 25.2. The Balaban J connectivity index is 0. The normalized spacial score (nSPS) is 11.5. The maximum atomic E-state index is 12.3. The van der Waals surface area contributed by atoms with Crippen molar-refractivity contribution in [1.29, 1.82) is 0 Å². The van der Waals surface area contributed by atoms with Gasteiger partial charge in [-0.1, -0.05) is 27.7 Å². The van der Waals surface area contributed by atoms with Crippen molar-refractivity contribution in [2.75, 3.05) is 13.7 Å². The smallest absolute Gasteiger partial charge is 0.407 e. The molecule has 5 heteroatoms. The second-order valence-electron chi connectivity index (χ2n) is 4.58. The molecule has 5 nitrogen and oxygen atoms in total. The number of carbonyl (C=O) groups excluding carboxylic acids is 2. The number of carbonyl (C=O) groups is 2. The van der Waals surface area contributed by atoms with Gasteiger partial charge in [0.2, 0.25) is 5.91 Å². The summed E-state index contributed by atoms with van der Waals surface area (Å²) in [5, 5.41) is 2.58. The number of alkyl carbamates (subject to hydrolysis) is 1. The molecule has 0 fully saturated rings. The van der Waals surface area contributed by atoms with E-state index in [0.717, 1.165) is 0 Å². The minimum absolute atomic E-state index is 0.0226. The van der Waals surface area contributed by atoms with Crippen LogP contribution in [0.5, 0.6) is 0 Å². The molecule has 1 atom stereocenters. The Morgan fingerprint density at radius 3 is 1.89 bits per heavy atom. The van der Waals surface area contributed by atoms with Gasteiger partial charge >= 0.3 is 6.09 Å². The van der Waals surface area contributed by atoms with Crippen molar-refractivity contribution in [2.24, 2.45) is 5.92 Å². The molecule has 0 saturated heterocycles. The van der Waals surface area contributed by atoms with E-state index in [2.05, 4.69) is 10.1 Å². The lowest BCUT2D eigenvalue weighted by atomic mass is 10.0. The Morgan fingerprint density at radius 1 is 1.16 bits per heavy atom. The monoisotopic (exact) mass is 274 g/mol. The number of likely N-dealkylation sites (N-methyl/N-ethyl adjacent to an activating group) is 1. The van der Waals surface area contributed by atoms with Crippen molar-refractivity contribution in [3.63, 3.8) is 0 Å². The van der Waals surface area contributed by atoms with E-state index in [-0.39, 0.29) is 17.9 Å². The van der Waals surface area contributed by atoms with Gasteiger partial charge in [-0.15, -0.1) is 0 Å². The van der Waals surface area contributed by atoms with Crippen LogP contribution in [0.2, 0.25) is 0 Å². The second-order valence-corrected chi connectivity index (χ2v) is 4.58. The standard InChI is InChI=1S/C12H24N2O3.C2H6/c1-7-14(9(4)5)11(15)10(8(2)3)13-12(16)17-6;1-2/h8-10H,7H2,1-6H3,(H,13,16);1-2H3. The Hall–Kier alpha value is -1.26. The number of nitrogens with one attached hydrogen (secondary N) is 1. The van der Waals surface area contributed by atoms with E-state index in [1.54, 1.807) is 4.90 Å². The molecule has 0 aromatic carbocycles. The van der Waals surface area contributed by atoms with Gasteiger partial charge in [0.05, 0.1) is 7.11 Å². The number of rotatable bonds is 5. The molecule has 1 N–H and O–H groups in total. The first-order chi connectivity index (χ1) is 8.84. The third kappa shape index (κ3) is 7.03. The SMILES string of the molecule is CC.CCN(C(=O)C(NC(=O)OC)C(C)C)C(C)C. The van der Waals surface area contributed by atoms with Gasteiger partial charge in [0.25, 0.3) is 0 Å². The highest BCUT2D eigenvalue weighted by atomic mass is 16.5. The molecule has 0 rings (SSSR count). The highest BCUT2D eigenvalue weighted by molar-refractivity contribution is 5.86. The lowest BCUT2D eigenvalue weighted by Gasteiger charge is -2.31. The topological polar surface area (TPSA) is 58.6 Å². The Kier molecular flexibility index (Phi) is 11.2. The van der Waals surface area contributed by atoms with E-state index in [0.29, 0.717) is 6.54 Å². The molecule has 114 valence electrons. The van der Waals surface area contributed by atoms with E-state index in [1.165, 1.54) is 7.11 Å². The molecule has 0 heterocycles. The Bertz CT molecular complexity index is 265. The lowest BCUT2D eigenvalue weighted by molar-refractivity contribution is -0.135. The lowest BCUT2D eigenvalue weighted by Crippen LogP contribution is -2.52. The van der Waals surface area contributed by atoms with Crippen LogP contribution in [0.25, 0.3) is 0 Å². The fourth-order valence-electron chi connectivity index (χ4n) is 1.65. The zero-order valence-corrected chi connectivity index (χ0v) is 13.6. The van der Waals surface area contributed by atoms with E-state index in [4.69, 9.17) is 0 Å². The number of methoxy groups -OCH3 is 1. The van der Waals surface area contributed by atoms with E-state index >= 15 is 0 Å². The van der Waals surface area contributed by atoms with Crippen LogP contribution in [0.3, 0.4) is 0 Å². The number of hydrogen-bond acceptors (Lipinski definition) is 3. The summed E-state index contributed by atoms with van der Waals surface area (Å²) in [5.74, 6) is -0.0442. The average molecular weight is 274 g/mol. The van der Waals surface area contributed by atoms with Crippen LogP contribution < -0.4 is 5.32 Å². The fraction of sp³-hybridized carbons (Fsp3) is 0.857. The number of nitrogens with zero attached hydrogens (tertiary/aromatic N) is 1. The number of ether oxygens (including phenoxy) is 1. The molecule has 1 unspecified atom stereocenters. The highest BCUT2D eigenvalue weighted by Crippen LogP contribution is 2.09. The predicted molar refractivity (Wildman–Crippen MR) is 78.0 cm³/mol. The maximum absolute atomic E-state index is 12.3. The van der Waals surface area contributed by atoms with Gasteiger partial charge in [-0.2, -0.15) is 0 Å². The van der Waals surface area contributed by atoms with Crippen LogP contribution in [0.15, 0.2) is 0 Å². The third-order valence-electron chi connectivity index (χ3n) is 2.64. The van der Waals surface area contributed by atoms with Crippen molar-refractivity contribution in [3.05, 3.63) is 0 Å². The third-order valence-corrected chi connectivity index (χ3v) is 2.64. The van der Waals surface area contributed by atoms with Crippen molar-refractivity contribution >= 4 is 12.0 Å². The summed E-state index contributed by atoms with van der Waals surface area (Å²) < 4.78 is 4.53. The first kappa shape index (κ1) is 20.1. The molecular weight excluding hydrogens is 244 g/mol. The van der Waals surface area contributed by atoms with Crippen LogP contribution >= 0.6 is 0 Å². The Labute approximate surface area is 117 Å². The van der Waals surface area contributed by atoms with Gasteiger partial charge in [0, 0.05) is 12.6 Å². The van der Waals surface area contributed by atoms with Crippen LogP contribution in [-0.4, -0.2) is 42.6 Å². The minimum Gasteiger partial charge on any atom is -0.453 e. The predicted octanol–water partition coefficient (Wildman–Crippen LogP) is 2.65. The highest BCUT2D eigenvalue weighted by Gasteiger charge is 2.29. The molecule has 0 saturated carbocycles. The van der Waals surface area contributed by atoms with Crippen LogP contribution in [-0.2, 0) is 9.53 Å². The molecule has 19 heavy (non-hydrogen) atoms. The Morgan fingerprint density at radius 2 is 1.63 bits per heavy atom. The van der Waals surface area contributed by atoms with Crippen molar-refractivity contribution in [3.8, 4) is 0 Å². The van der Waals surface area contributed by atoms with Crippen LogP contribution in [0.4, 0.5) is 4.79 Å². The summed E-state index contributed by atoms with van der Waals surface area (Å²) in [5.41, 5.74) is 0. The van der Waals surface area contributed by atoms with E-state index < -0.39 is 12.1 Å². The molecular formula is C14H30N2O3. The van der Waals surface area contributed by atoms with Gasteiger partial charge < -0.3 is 15.0 Å². The van der Waals surface area contributed by atoms with Gasteiger partial charge in [0.15, 0.2) is 0 Å². The molecule has 2 amide bonds. The summed E-state index contributed by atoms with van der Waals surface area (Å²) in [6, 6.07) is -0.419. The van der Waals surface area contributed by atoms with Gasteiger partial charge in [-0.3, -0.25) is 4.79 Å². The molecule has 0 radical (unpaired) electrons. The molecule has 0 aliphatic heterocycles. The van der Waals surface area contributed by atoms with Crippen LogP contribution in [0, 0.1) is 5.92 Å².